The molecule has 1 amide bonds. The molecule has 0 fully saturated rings. The van der Waals surface area contributed by atoms with Crippen LogP contribution in [0.1, 0.15) is 12.5 Å². The van der Waals surface area contributed by atoms with Gasteiger partial charge < -0.3 is 4.90 Å². The van der Waals surface area contributed by atoms with Crippen molar-refractivity contribution < 1.29 is 9.18 Å². The lowest BCUT2D eigenvalue weighted by atomic mass is 10.1. The Hall–Kier alpha value is -3.32. The summed E-state index contributed by atoms with van der Waals surface area (Å²) < 4.78 is 15.1. The highest BCUT2D eigenvalue weighted by Gasteiger charge is 2.31. The molecule has 5 nitrogen and oxygen atoms in total. The Balaban J connectivity index is 1.92. The van der Waals surface area contributed by atoms with E-state index in [4.69, 9.17) is 5.10 Å². The van der Waals surface area contributed by atoms with E-state index in [0.717, 1.165) is 28.1 Å². The topological polar surface area (TPSA) is 50.0 Å². The first kappa shape index (κ1) is 19.0. The third-order valence-electron chi connectivity index (χ3n) is 4.54. The van der Waals surface area contributed by atoms with Crippen LogP contribution in [0.15, 0.2) is 76.2 Å². The van der Waals surface area contributed by atoms with Crippen LogP contribution in [-0.4, -0.2) is 29.9 Å². The van der Waals surface area contributed by atoms with Crippen molar-refractivity contribution in [3.8, 4) is 11.3 Å². The maximum Gasteiger partial charge on any atom is 0.279 e. The molecule has 29 heavy (non-hydrogen) atoms. The van der Waals surface area contributed by atoms with E-state index in [1.54, 1.807) is 28.8 Å². The van der Waals surface area contributed by atoms with Crippen molar-refractivity contribution in [1.82, 2.24) is 4.68 Å². The zero-order chi connectivity index (χ0) is 20.5. The van der Waals surface area contributed by atoms with Crippen LogP contribution in [-0.2, 0) is 4.79 Å². The summed E-state index contributed by atoms with van der Waals surface area (Å²) in [6.07, 6.45) is 0. The lowest BCUT2D eigenvalue weighted by Gasteiger charge is -2.07. The molecular weight excluding hydrogens is 387 g/mol. The monoisotopic (exact) mass is 406 g/mol. The van der Waals surface area contributed by atoms with Gasteiger partial charge in [0.15, 0.2) is 5.71 Å². The number of carbonyl (C=O) groups excluding carboxylic acids is 1. The molecule has 3 aromatic rings. The number of carbonyl (C=O) groups is 1. The van der Waals surface area contributed by atoms with Crippen LogP contribution in [0.5, 0.6) is 0 Å². The van der Waals surface area contributed by atoms with Crippen LogP contribution in [0, 0.1) is 5.82 Å². The van der Waals surface area contributed by atoms with Gasteiger partial charge in [0.1, 0.15) is 5.82 Å². The first-order valence-electron chi connectivity index (χ1n) is 9.03. The highest BCUT2D eigenvalue weighted by molar-refractivity contribution is 7.07. The molecule has 0 spiro atoms. The third kappa shape index (κ3) is 3.56. The SMILES string of the molecule is C=C(C)CN=c1scc(-c2ccc(F)cc2)n1N=C1C(=O)N(C)c2ccccc21. The van der Waals surface area contributed by atoms with Crippen LogP contribution in [0.2, 0.25) is 0 Å². The normalized spacial score (nSPS) is 15.3. The summed E-state index contributed by atoms with van der Waals surface area (Å²) in [5.74, 6) is -0.489. The molecule has 1 aromatic heterocycles. The summed E-state index contributed by atoms with van der Waals surface area (Å²) >= 11 is 1.41. The van der Waals surface area contributed by atoms with Crippen LogP contribution in [0.25, 0.3) is 11.3 Å². The smallest absolute Gasteiger partial charge is 0.279 e. The maximum atomic E-state index is 13.4. The molecule has 0 bridgehead atoms. The van der Waals surface area contributed by atoms with E-state index in [-0.39, 0.29) is 11.7 Å². The quantitative estimate of drug-likeness (QED) is 0.603. The van der Waals surface area contributed by atoms with Crippen molar-refractivity contribution in [3.05, 3.63) is 82.2 Å². The number of thiazole rings is 1. The predicted molar refractivity (Wildman–Crippen MR) is 115 cm³/mol. The van der Waals surface area contributed by atoms with Crippen molar-refractivity contribution in [3.63, 3.8) is 0 Å². The van der Waals surface area contributed by atoms with E-state index < -0.39 is 0 Å². The van der Waals surface area contributed by atoms with Gasteiger partial charge in [0.2, 0.25) is 4.80 Å². The standard InChI is InChI=1S/C22H19FN4OS/c1-14(2)12-24-22-27(19(13-29-22)15-8-10-16(23)11-9-15)25-20-17-6-4-5-7-18(17)26(3)21(20)28/h4-11,13H,1,12H2,2-3H3. The number of hydrogen-bond donors (Lipinski definition) is 0. The molecule has 146 valence electrons. The van der Waals surface area contributed by atoms with Crippen molar-refractivity contribution >= 4 is 28.6 Å². The van der Waals surface area contributed by atoms with Gasteiger partial charge in [-0.3, -0.25) is 9.79 Å². The molecule has 0 N–H and O–H groups in total. The third-order valence-corrected chi connectivity index (χ3v) is 5.39. The molecule has 2 heterocycles. The van der Waals surface area contributed by atoms with E-state index in [0.29, 0.717) is 17.1 Å². The molecule has 0 saturated carbocycles. The fourth-order valence-corrected chi connectivity index (χ4v) is 3.90. The van der Waals surface area contributed by atoms with Gasteiger partial charge in [-0.1, -0.05) is 30.4 Å². The Bertz CT molecular complexity index is 1200. The number of amides is 1. The minimum atomic E-state index is -0.310. The van der Waals surface area contributed by atoms with Gasteiger partial charge in [0, 0.05) is 23.6 Å². The second-order valence-corrected chi connectivity index (χ2v) is 7.66. The first-order valence-corrected chi connectivity index (χ1v) is 9.91. The summed E-state index contributed by atoms with van der Waals surface area (Å²) in [5.41, 5.74) is 4.38. The largest absolute Gasteiger partial charge is 0.309 e. The average Bonchev–Trinajstić information content (AvgIpc) is 3.22. The summed E-state index contributed by atoms with van der Waals surface area (Å²) in [6, 6.07) is 13.7. The molecule has 7 heteroatoms. The molecule has 0 saturated heterocycles. The summed E-state index contributed by atoms with van der Waals surface area (Å²) in [4.78, 5) is 19.7. The second kappa shape index (κ2) is 7.60. The van der Waals surface area contributed by atoms with Crippen molar-refractivity contribution in [1.29, 1.82) is 0 Å². The van der Waals surface area contributed by atoms with Gasteiger partial charge in [-0.25, -0.2) is 9.07 Å². The molecule has 0 unspecified atom stereocenters. The molecule has 1 aliphatic heterocycles. The van der Waals surface area contributed by atoms with Crippen molar-refractivity contribution in [2.75, 3.05) is 18.5 Å². The minimum Gasteiger partial charge on any atom is -0.309 e. The van der Waals surface area contributed by atoms with Gasteiger partial charge >= 0.3 is 0 Å². The minimum absolute atomic E-state index is 0.180. The second-order valence-electron chi connectivity index (χ2n) is 6.83. The number of rotatable bonds is 4. The van der Waals surface area contributed by atoms with Gasteiger partial charge in [0.05, 0.1) is 17.9 Å². The number of likely N-dealkylation sites (N-methyl/N-ethyl adjacent to an activating group) is 1. The average molecular weight is 406 g/mol. The van der Waals surface area contributed by atoms with E-state index in [2.05, 4.69) is 11.6 Å². The molecule has 1 aliphatic rings. The summed E-state index contributed by atoms with van der Waals surface area (Å²) in [6.45, 7) is 6.25. The van der Waals surface area contributed by atoms with Crippen LogP contribution < -0.4 is 9.70 Å². The van der Waals surface area contributed by atoms with Gasteiger partial charge in [0.25, 0.3) is 5.91 Å². The Morgan fingerprint density at radius 1 is 1.17 bits per heavy atom. The highest BCUT2D eigenvalue weighted by Crippen LogP contribution is 2.28. The van der Waals surface area contributed by atoms with E-state index in [1.165, 1.54) is 23.5 Å². The van der Waals surface area contributed by atoms with Gasteiger partial charge in [-0.2, -0.15) is 5.10 Å². The number of hydrogen-bond acceptors (Lipinski definition) is 4. The fourth-order valence-electron chi connectivity index (χ4n) is 3.07. The van der Waals surface area contributed by atoms with Gasteiger partial charge in [-0.05, 0) is 37.3 Å². The highest BCUT2D eigenvalue weighted by atomic mass is 32.1. The zero-order valence-corrected chi connectivity index (χ0v) is 16.9. The van der Waals surface area contributed by atoms with Crippen LogP contribution in [0.4, 0.5) is 10.1 Å². The molecule has 2 aromatic carbocycles. The Morgan fingerprint density at radius 3 is 2.62 bits per heavy atom. The summed E-state index contributed by atoms with van der Waals surface area (Å²) in [5, 5.41) is 6.61. The number of para-hydroxylation sites is 1. The number of halogens is 1. The first-order chi connectivity index (χ1) is 14.0. The molecule has 4 rings (SSSR count). The van der Waals surface area contributed by atoms with E-state index in [9.17, 15) is 9.18 Å². The molecule has 0 radical (unpaired) electrons. The van der Waals surface area contributed by atoms with Crippen molar-refractivity contribution in [2.45, 2.75) is 6.92 Å². The van der Waals surface area contributed by atoms with Gasteiger partial charge in [-0.15, -0.1) is 11.3 Å². The number of nitrogens with zero attached hydrogens (tertiary/aromatic N) is 4. The lowest BCUT2D eigenvalue weighted by molar-refractivity contribution is -0.112. The van der Waals surface area contributed by atoms with Crippen molar-refractivity contribution in [2.24, 2.45) is 10.1 Å². The number of benzene rings is 2. The van der Waals surface area contributed by atoms with E-state index in [1.807, 2.05) is 36.6 Å². The molecular formula is C22H19FN4OS. The maximum absolute atomic E-state index is 13.4. The lowest BCUT2D eigenvalue weighted by Crippen LogP contribution is -2.27. The zero-order valence-electron chi connectivity index (χ0n) is 16.1. The summed E-state index contributed by atoms with van der Waals surface area (Å²) in [7, 11) is 1.73. The van der Waals surface area contributed by atoms with E-state index >= 15 is 0 Å². The Labute approximate surface area is 171 Å². The Morgan fingerprint density at radius 2 is 1.90 bits per heavy atom. The molecule has 0 aliphatic carbocycles. The number of aromatic nitrogens is 1. The number of fused-ring (bicyclic) bond motifs is 1. The predicted octanol–water partition coefficient (Wildman–Crippen LogP) is 4.06. The van der Waals surface area contributed by atoms with Crippen LogP contribution in [0.3, 0.4) is 0 Å². The van der Waals surface area contributed by atoms with Crippen LogP contribution >= 0.6 is 11.3 Å². The molecule has 0 atom stereocenters. The fraction of sp³-hybridized carbons (Fsp3) is 0.136. The Kier molecular flexibility index (Phi) is 4.98. The number of anilines is 1.